The fraction of sp³-hybridized carbons (Fsp3) is 0.467. The first kappa shape index (κ1) is 15.4. The zero-order valence-corrected chi connectivity index (χ0v) is 12.5. The molecule has 2 aromatic heterocycles. The van der Waals surface area contributed by atoms with Crippen LogP contribution in [0.3, 0.4) is 0 Å². The summed E-state index contributed by atoms with van der Waals surface area (Å²) in [5.74, 6) is -0.388. The molecular weight excluding hydrogens is 271 g/mol. The van der Waals surface area contributed by atoms with Crippen LogP contribution in [-0.4, -0.2) is 46.4 Å². The van der Waals surface area contributed by atoms with Crippen molar-refractivity contribution in [2.75, 3.05) is 26.2 Å². The van der Waals surface area contributed by atoms with Crippen molar-refractivity contribution in [3.05, 3.63) is 36.0 Å². The number of amides is 1. The first-order valence-corrected chi connectivity index (χ1v) is 7.24. The van der Waals surface area contributed by atoms with E-state index < -0.39 is 0 Å². The number of aromatic nitrogens is 2. The molecule has 2 aromatic rings. The Kier molecular flexibility index (Phi) is 5.27. The van der Waals surface area contributed by atoms with Gasteiger partial charge in [-0.15, -0.1) is 0 Å². The molecule has 0 aromatic carbocycles. The van der Waals surface area contributed by atoms with E-state index >= 15 is 0 Å². The number of likely N-dealkylation sites (N-methyl/N-ethyl adjacent to an activating group) is 1. The highest BCUT2D eigenvalue weighted by atomic mass is 19.1. The maximum Gasteiger partial charge on any atom is 0.226 e. The second kappa shape index (κ2) is 7.17. The minimum atomic E-state index is -0.324. The van der Waals surface area contributed by atoms with Gasteiger partial charge in [0.1, 0.15) is 11.5 Å². The lowest BCUT2D eigenvalue weighted by Gasteiger charge is -2.17. The molecule has 21 heavy (non-hydrogen) atoms. The van der Waals surface area contributed by atoms with E-state index in [1.807, 2.05) is 0 Å². The minimum Gasteiger partial charge on any atom is -0.354 e. The largest absolute Gasteiger partial charge is 0.354 e. The topological polar surface area (TPSA) is 49.6 Å². The average molecular weight is 292 g/mol. The summed E-state index contributed by atoms with van der Waals surface area (Å²) in [6.45, 7) is 7.62. The summed E-state index contributed by atoms with van der Waals surface area (Å²) in [5.41, 5.74) is 1.28. The number of hydrogen-bond donors (Lipinski definition) is 1. The highest BCUT2D eigenvalue weighted by Crippen LogP contribution is 2.07. The Bertz CT molecular complexity index is 607. The molecule has 0 bridgehead atoms. The SMILES string of the molecule is CCN(CC)CCNC(=O)Cc1cn2cc(F)ccc2n1. The maximum atomic E-state index is 13.1. The fourth-order valence-corrected chi connectivity index (χ4v) is 2.22. The van der Waals surface area contributed by atoms with E-state index in [1.165, 1.54) is 12.3 Å². The molecule has 0 radical (unpaired) electrons. The number of fused-ring (bicyclic) bond motifs is 1. The summed E-state index contributed by atoms with van der Waals surface area (Å²) in [6.07, 6.45) is 3.24. The van der Waals surface area contributed by atoms with Crippen LogP contribution in [0, 0.1) is 5.82 Å². The average Bonchev–Trinajstić information content (AvgIpc) is 2.84. The Labute approximate surface area is 123 Å². The third kappa shape index (κ3) is 4.26. The first-order chi connectivity index (χ1) is 10.1. The van der Waals surface area contributed by atoms with Gasteiger partial charge in [0.25, 0.3) is 0 Å². The molecule has 5 nitrogen and oxygen atoms in total. The van der Waals surface area contributed by atoms with Crippen LogP contribution in [0.1, 0.15) is 19.5 Å². The minimum absolute atomic E-state index is 0.0639. The lowest BCUT2D eigenvalue weighted by atomic mass is 10.3. The van der Waals surface area contributed by atoms with Crippen LogP contribution in [-0.2, 0) is 11.2 Å². The van der Waals surface area contributed by atoms with Crippen molar-refractivity contribution in [2.45, 2.75) is 20.3 Å². The molecule has 0 aliphatic heterocycles. The van der Waals surface area contributed by atoms with E-state index in [1.54, 1.807) is 16.7 Å². The molecule has 0 unspecified atom stereocenters. The molecule has 2 heterocycles. The summed E-state index contributed by atoms with van der Waals surface area (Å²) in [5, 5.41) is 2.88. The zero-order valence-electron chi connectivity index (χ0n) is 12.5. The molecular formula is C15H21FN4O. The van der Waals surface area contributed by atoms with Crippen molar-refractivity contribution in [1.29, 1.82) is 0 Å². The number of carbonyl (C=O) groups is 1. The Morgan fingerprint density at radius 3 is 2.81 bits per heavy atom. The summed E-state index contributed by atoms with van der Waals surface area (Å²) >= 11 is 0. The first-order valence-electron chi connectivity index (χ1n) is 7.24. The Morgan fingerprint density at radius 2 is 2.10 bits per heavy atom. The van der Waals surface area contributed by atoms with Crippen molar-refractivity contribution < 1.29 is 9.18 Å². The quantitative estimate of drug-likeness (QED) is 0.841. The Hall–Kier alpha value is -1.95. The van der Waals surface area contributed by atoms with Gasteiger partial charge in [-0.25, -0.2) is 9.37 Å². The van der Waals surface area contributed by atoms with E-state index in [0.717, 1.165) is 19.6 Å². The number of nitrogens with one attached hydrogen (secondary N) is 1. The highest BCUT2D eigenvalue weighted by molar-refractivity contribution is 5.78. The Morgan fingerprint density at radius 1 is 1.33 bits per heavy atom. The number of halogens is 1. The number of nitrogens with zero attached hydrogens (tertiary/aromatic N) is 3. The standard InChI is InChI=1S/C15H21FN4O/c1-3-19(4-2)8-7-17-15(21)9-13-11-20-10-12(16)5-6-14(20)18-13/h5-6,10-11H,3-4,7-9H2,1-2H3,(H,17,21). The predicted octanol–water partition coefficient (Wildman–Crippen LogP) is 1.47. The zero-order chi connectivity index (χ0) is 15.2. The second-order valence-corrected chi connectivity index (χ2v) is 4.90. The molecule has 0 aliphatic carbocycles. The van der Waals surface area contributed by atoms with Gasteiger partial charge in [-0.05, 0) is 25.2 Å². The van der Waals surface area contributed by atoms with Gasteiger partial charge in [-0.1, -0.05) is 13.8 Å². The van der Waals surface area contributed by atoms with E-state index in [4.69, 9.17) is 0 Å². The predicted molar refractivity (Wildman–Crippen MR) is 79.7 cm³/mol. The molecule has 0 atom stereocenters. The third-order valence-electron chi connectivity index (χ3n) is 3.45. The molecule has 2 rings (SSSR count). The number of carbonyl (C=O) groups excluding carboxylic acids is 1. The third-order valence-corrected chi connectivity index (χ3v) is 3.45. The summed E-state index contributed by atoms with van der Waals surface area (Å²) in [6, 6.07) is 2.95. The number of hydrogen-bond acceptors (Lipinski definition) is 3. The normalized spacial score (nSPS) is 11.2. The molecule has 0 fully saturated rings. The number of rotatable bonds is 7. The molecule has 1 amide bonds. The molecule has 0 spiro atoms. The van der Waals surface area contributed by atoms with Gasteiger partial charge >= 0.3 is 0 Å². The van der Waals surface area contributed by atoms with Crippen molar-refractivity contribution in [2.24, 2.45) is 0 Å². The van der Waals surface area contributed by atoms with Crippen LogP contribution in [0.25, 0.3) is 5.65 Å². The van der Waals surface area contributed by atoms with Crippen LogP contribution < -0.4 is 5.32 Å². The van der Waals surface area contributed by atoms with Crippen LogP contribution in [0.4, 0.5) is 4.39 Å². The summed E-state index contributed by atoms with van der Waals surface area (Å²) in [4.78, 5) is 18.4. The molecule has 1 N–H and O–H groups in total. The lowest BCUT2D eigenvalue weighted by molar-refractivity contribution is -0.120. The molecule has 0 saturated carbocycles. The molecule has 0 aliphatic rings. The molecule has 6 heteroatoms. The van der Waals surface area contributed by atoms with E-state index in [9.17, 15) is 9.18 Å². The van der Waals surface area contributed by atoms with Gasteiger partial charge in [0.15, 0.2) is 0 Å². The van der Waals surface area contributed by atoms with Crippen LogP contribution in [0.2, 0.25) is 0 Å². The van der Waals surface area contributed by atoms with E-state index in [-0.39, 0.29) is 18.1 Å². The smallest absolute Gasteiger partial charge is 0.226 e. The number of pyridine rings is 1. The lowest BCUT2D eigenvalue weighted by Crippen LogP contribution is -2.35. The van der Waals surface area contributed by atoms with Gasteiger partial charge in [0, 0.05) is 25.5 Å². The van der Waals surface area contributed by atoms with E-state index in [0.29, 0.717) is 17.9 Å². The number of imidazole rings is 1. The highest BCUT2D eigenvalue weighted by Gasteiger charge is 2.08. The second-order valence-electron chi connectivity index (χ2n) is 4.90. The van der Waals surface area contributed by atoms with Gasteiger partial charge in [0.2, 0.25) is 5.91 Å². The Balaban J connectivity index is 1.86. The van der Waals surface area contributed by atoms with Gasteiger partial charge in [0.05, 0.1) is 12.1 Å². The van der Waals surface area contributed by atoms with Gasteiger partial charge < -0.3 is 14.6 Å². The van der Waals surface area contributed by atoms with Crippen LogP contribution >= 0.6 is 0 Å². The maximum absolute atomic E-state index is 13.1. The van der Waals surface area contributed by atoms with Crippen LogP contribution in [0.5, 0.6) is 0 Å². The molecule has 114 valence electrons. The fourth-order valence-electron chi connectivity index (χ4n) is 2.22. The monoisotopic (exact) mass is 292 g/mol. The summed E-state index contributed by atoms with van der Waals surface area (Å²) in [7, 11) is 0. The van der Waals surface area contributed by atoms with Crippen molar-refractivity contribution in [3.8, 4) is 0 Å². The summed E-state index contributed by atoms with van der Waals surface area (Å²) < 4.78 is 14.7. The van der Waals surface area contributed by atoms with Gasteiger partial charge in [-0.2, -0.15) is 0 Å². The van der Waals surface area contributed by atoms with Gasteiger partial charge in [-0.3, -0.25) is 4.79 Å². The molecule has 0 saturated heterocycles. The van der Waals surface area contributed by atoms with E-state index in [2.05, 4.69) is 29.0 Å². The van der Waals surface area contributed by atoms with Crippen molar-refractivity contribution in [3.63, 3.8) is 0 Å². The van der Waals surface area contributed by atoms with Crippen molar-refractivity contribution >= 4 is 11.6 Å². The van der Waals surface area contributed by atoms with Crippen LogP contribution in [0.15, 0.2) is 24.5 Å². The van der Waals surface area contributed by atoms with Crippen molar-refractivity contribution in [1.82, 2.24) is 19.6 Å².